The van der Waals surface area contributed by atoms with Gasteiger partial charge in [0.05, 0.1) is 0 Å². The minimum Gasteiger partial charge on any atom is -0.352 e. The van der Waals surface area contributed by atoms with Gasteiger partial charge < -0.3 is 24.7 Å². The summed E-state index contributed by atoms with van der Waals surface area (Å²) in [5.41, 5.74) is 2.94. The first-order valence-electron chi connectivity index (χ1n) is 15.4. The first kappa shape index (κ1) is 44.4. The smallest absolute Gasteiger partial charge is 0.223 e. The van der Waals surface area contributed by atoms with Crippen molar-refractivity contribution in [3.05, 3.63) is 90.6 Å². The van der Waals surface area contributed by atoms with E-state index in [9.17, 15) is 14.4 Å². The Bertz CT molecular complexity index is 1540. The van der Waals surface area contributed by atoms with Gasteiger partial charge >= 0.3 is 0 Å². The normalized spacial score (nSPS) is 10.4. The van der Waals surface area contributed by atoms with Gasteiger partial charge in [0.15, 0.2) is 6.67 Å². The van der Waals surface area contributed by atoms with Gasteiger partial charge in [-0.1, -0.05) is 24.2 Å². The van der Waals surface area contributed by atoms with Gasteiger partial charge in [-0.25, -0.2) is 4.99 Å². The van der Waals surface area contributed by atoms with Crippen LogP contribution in [-0.4, -0.2) is 91.0 Å². The maximum atomic E-state index is 10.9. The number of nitrogens with zero attached hydrogens (tertiary/aromatic N) is 10. The number of hydrogen-bond acceptors (Lipinski definition) is 14. The predicted molar refractivity (Wildman–Crippen MR) is 190 cm³/mol. The first-order chi connectivity index (χ1) is 23.7. The number of rotatable bonds is 6. The molecule has 0 radical (unpaired) electrons. The number of carbonyl (C=O) groups is 3. The molecule has 270 valence electrons. The Morgan fingerprint density at radius 3 is 1.76 bits per heavy atom. The molecule has 0 aromatic carbocycles. The zero-order chi connectivity index (χ0) is 37.7. The van der Waals surface area contributed by atoms with E-state index in [4.69, 9.17) is 9.73 Å². The maximum Gasteiger partial charge on any atom is 0.223 e. The van der Waals surface area contributed by atoms with Crippen LogP contribution >= 0.6 is 0 Å². The number of amidine groups is 1. The molecule has 0 fully saturated rings. The molecule has 0 saturated carbocycles. The minimum absolute atomic E-state index is 0.0196. The van der Waals surface area contributed by atoms with Gasteiger partial charge in [0, 0.05) is 97.2 Å². The van der Waals surface area contributed by atoms with Gasteiger partial charge in [-0.2, -0.15) is 15.2 Å². The van der Waals surface area contributed by atoms with Crippen LogP contribution in [0.2, 0.25) is 0 Å². The number of amides is 2. The highest BCUT2D eigenvalue weighted by atomic mass is 16.5. The Morgan fingerprint density at radius 1 is 0.880 bits per heavy atom. The van der Waals surface area contributed by atoms with Crippen molar-refractivity contribution >= 4 is 23.4 Å². The Hall–Kier alpha value is -5.61. The number of aliphatic imine (C=N–C) groups is 1. The molecule has 0 unspecified atom stereocenters. The van der Waals surface area contributed by atoms with E-state index in [2.05, 4.69) is 45.6 Å². The number of azo groups is 1. The molecule has 2 N–H and O–H groups in total. The monoisotopic (exact) mass is 691 g/mol. The van der Waals surface area contributed by atoms with Crippen molar-refractivity contribution in [3.63, 3.8) is 0 Å². The number of hydroxylamine groups is 2. The van der Waals surface area contributed by atoms with E-state index in [0.29, 0.717) is 38.0 Å². The number of aryl methyl sites for hydroxylation is 1. The summed E-state index contributed by atoms with van der Waals surface area (Å²) in [6.45, 7) is 14.0. The molecule has 16 heteroatoms. The van der Waals surface area contributed by atoms with Crippen molar-refractivity contribution in [1.29, 1.82) is 0 Å². The number of hydrogen-bond donors (Lipinski definition) is 2. The van der Waals surface area contributed by atoms with Crippen LogP contribution in [0.15, 0.2) is 93.3 Å². The van der Waals surface area contributed by atoms with Crippen molar-refractivity contribution in [2.45, 2.75) is 61.6 Å². The molecule has 4 aromatic heterocycles. The third kappa shape index (κ3) is 25.5. The van der Waals surface area contributed by atoms with E-state index in [0.717, 1.165) is 27.6 Å². The Kier molecular flexibility index (Phi) is 24.3. The topological polar surface area (TPSA) is 205 Å². The second-order valence-corrected chi connectivity index (χ2v) is 10.4. The molecule has 0 atom stereocenters. The van der Waals surface area contributed by atoms with Crippen molar-refractivity contribution in [2.75, 3.05) is 27.3 Å². The SMILES string of the molecule is CC(=O)N(C)Cc1cccnc1.CC(=O)NCc1cccnc1.CC(C)=O.CC1=NCN=N1.CCN(C)O.Cc1nc(-c2cccnc2)no1. The molecule has 1 aliphatic heterocycles. The fourth-order valence-corrected chi connectivity index (χ4v) is 2.82. The highest BCUT2D eigenvalue weighted by Gasteiger charge is 2.04. The molecule has 0 aliphatic carbocycles. The molecule has 50 heavy (non-hydrogen) atoms. The molecular formula is C34H49N11O5. The standard InChI is InChI=1S/C9H12N2O.C8H7N3O.C8H10N2O.C3H5N3.C3H9NO.C3H6O/c1-8(12)11(2)7-9-4-3-5-10-6-9;1-6-10-8(11-12-6)7-3-2-4-9-5-7;1-7(11)10-6-8-3-2-4-9-5-8;1-3-4-2-5-6-3;1-3-4(2)5;1-3(2)4/h3-6H,7H2,1-2H3;2-5H,1H3;2-5H,6H2,1H3,(H,10,11);2H2,1H3;5H,3H2,1-2H3;1-2H3. The van der Waals surface area contributed by atoms with Crippen LogP contribution in [0.4, 0.5) is 0 Å². The zero-order valence-corrected chi connectivity index (χ0v) is 30.3. The second kappa shape index (κ2) is 27.4. The number of Topliss-reactive ketones (excluding diaryl/α,β-unsaturated/α-hetero) is 1. The highest BCUT2D eigenvalue weighted by molar-refractivity contribution is 5.80. The first-order valence-corrected chi connectivity index (χ1v) is 15.4. The van der Waals surface area contributed by atoms with E-state index in [1.54, 1.807) is 70.0 Å². The largest absolute Gasteiger partial charge is 0.352 e. The molecule has 0 bridgehead atoms. The fourth-order valence-electron chi connectivity index (χ4n) is 2.82. The Morgan fingerprint density at radius 2 is 1.42 bits per heavy atom. The van der Waals surface area contributed by atoms with Gasteiger partial charge in [0.1, 0.15) is 11.6 Å². The van der Waals surface area contributed by atoms with Crippen LogP contribution in [0.3, 0.4) is 0 Å². The molecule has 0 saturated heterocycles. The Balaban J connectivity index is 0.000000603. The highest BCUT2D eigenvalue weighted by Crippen LogP contribution is 2.12. The summed E-state index contributed by atoms with van der Waals surface area (Å²) in [6.07, 6.45) is 10.3. The molecule has 1 aliphatic rings. The summed E-state index contributed by atoms with van der Waals surface area (Å²) in [6, 6.07) is 11.3. The molecule has 16 nitrogen and oxygen atoms in total. The van der Waals surface area contributed by atoms with Crippen LogP contribution in [-0.2, 0) is 27.5 Å². The predicted octanol–water partition coefficient (Wildman–Crippen LogP) is 4.97. The third-order valence-corrected chi connectivity index (χ3v) is 5.43. The quantitative estimate of drug-likeness (QED) is 0.258. The third-order valence-electron chi connectivity index (χ3n) is 5.43. The molecule has 0 spiro atoms. The summed E-state index contributed by atoms with van der Waals surface area (Å²) < 4.78 is 4.83. The van der Waals surface area contributed by atoms with Gasteiger partial charge in [0.2, 0.25) is 23.5 Å². The number of aromatic nitrogens is 5. The lowest BCUT2D eigenvalue weighted by Gasteiger charge is -2.13. The maximum absolute atomic E-state index is 10.9. The van der Waals surface area contributed by atoms with Crippen LogP contribution in [0.1, 0.15) is 58.6 Å². The molecule has 2 amide bonds. The second-order valence-electron chi connectivity index (χ2n) is 10.4. The number of ketones is 1. The van der Waals surface area contributed by atoms with Crippen molar-refractivity contribution in [1.82, 2.24) is 40.4 Å². The summed E-state index contributed by atoms with van der Waals surface area (Å²) in [5, 5.41) is 23.0. The number of carbonyl (C=O) groups excluding carboxylic acids is 3. The fraction of sp³-hybridized carbons (Fsp3) is 0.382. The van der Waals surface area contributed by atoms with Crippen LogP contribution < -0.4 is 5.32 Å². The van der Waals surface area contributed by atoms with Gasteiger partial charge in [-0.3, -0.25) is 24.5 Å². The lowest BCUT2D eigenvalue weighted by Crippen LogP contribution is -2.22. The van der Waals surface area contributed by atoms with Crippen molar-refractivity contribution in [2.24, 2.45) is 15.2 Å². The van der Waals surface area contributed by atoms with Crippen LogP contribution in [0.5, 0.6) is 0 Å². The summed E-state index contributed by atoms with van der Waals surface area (Å²) >= 11 is 0. The van der Waals surface area contributed by atoms with Crippen molar-refractivity contribution < 1.29 is 24.1 Å². The zero-order valence-electron chi connectivity index (χ0n) is 30.3. The summed E-state index contributed by atoms with van der Waals surface area (Å²) in [5.74, 6) is 2.15. The van der Waals surface area contributed by atoms with Crippen LogP contribution in [0.25, 0.3) is 11.4 Å². The minimum atomic E-state index is -0.0196. The molecule has 4 aromatic rings. The summed E-state index contributed by atoms with van der Waals surface area (Å²) in [7, 11) is 3.38. The average molecular weight is 692 g/mol. The molecule has 5 rings (SSSR count). The lowest BCUT2D eigenvalue weighted by molar-refractivity contribution is -0.128. The average Bonchev–Trinajstić information content (AvgIpc) is 3.77. The van der Waals surface area contributed by atoms with Gasteiger partial charge in [-0.15, -0.1) is 5.11 Å². The van der Waals surface area contributed by atoms with Crippen molar-refractivity contribution in [3.8, 4) is 11.4 Å². The van der Waals surface area contributed by atoms with Gasteiger partial charge in [-0.05, 0) is 56.2 Å². The van der Waals surface area contributed by atoms with Crippen LogP contribution in [0, 0.1) is 6.92 Å². The van der Waals surface area contributed by atoms with E-state index in [1.807, 2.05) is 50.2 Å². The van der Waals surface area contributed by atoms with E-state index in [-0.39, 0.29) is 17.6 Å². The number of pyridine rings is 3. The lowest BCUT2D eigenvalue weighted by atomic mass is 10.3. The molecular weight excluding hydrogens is 642 g/mol. The molecule has 5 heterocycles. The number of nitrogens with one attached hydrogen (secondary N) is 1. The Labute approximate surface area is 293 Å². The summed E-state index contributed by atoms with van der Waals surface area (Å²) in [4.78, 5) is 52.1. The van der Waals surface area contributed by atoms with E-state index < -0.39 is 0 Å². The van der Waals surface area contributed by atoms with E-state index in [1.165, 1.54) is 20.8 Å². The van der Waals surface area contributed by atoms with Gasteiger partial charge in [0.25, 0.3) is 0 Å². The van der Waals surface area contributed by atoms with E-state index >= 15 is 0 Å².